The number of fused-ring (bicyclic) bond motifs is 3. The molecule has 0 bridgehead atoms. The zero-order chi connectivity index (χ0) is 18.6. The maximum Gasteiger partial charge on any atom is 0.261 e. The molecule has 0 saturated carbocycles. The molecule has 27 heavy (non-hydrogen) atoms. The SMILES string of the molecule is O=C(NCCNC(=O)c1cc2c(s1)-c1ccccc1CC2)c1ccccc1. The number of amides is 2. The topological polar surface area (TPSA) is 58.2 Å². The first-order valence-electron chi connectivity index (χ1n) is 9.05. The zero-order valence-corrected chi connectivity index (χ0v) is 15.6. The maximum absolute atomic E-state index is 12.5. The van der Waals surface area contributed by atoms with Gasteiger partial charge in [0.05, 0.1) is 4.88 Å². The Labute approximate surface area is 162 Å². The lowest BCUT2D eigenvalue weighted by molar-refractivity contribution is 0.0929. The van der Waals surface area contributed by atoms with E-state index in [0.717, 1.165) is 17.7 Å². The summed E-state index contributed by atoms with van der Waals surface area (Å²) in [4.78, 5) is 26.4. The molecule has 0 atom stereocenters. The van der Waals surface area contributed by atoms with Crippen molar-refractivity contribution in [1.29, 1.82) is 0 Å². The van der Waals surface area contributed by atoms with Crippen molar-refractivity contribution in [3.8, 4) is 10.4 Å². The van der Waals surface area contributed by atoms with E-state index in [2.05, 4.69) is 28.8 Å². The van der Waals surface area contributed by atoms with E-state index in [1.165, 1.54) is 21.6 Å². The molecule has 2 aromatic carbocycles. The third-order valence-corrected chi connectivity index (χ3v) is 5.90. The second kappa shape index (κ2) is 7.76. The molecule has 0 radical (unpaired) electrons. The largest absolute Gasteiger partial charge is 0.350 e. The van der Waals surface area contributed by atoms with Gasteiger partial charge in [-0.15, -0.1) is 11.3 Å². The Morgan fingerprint density at radius 3 is 2.30 bits per heavy atom. The first kappa shape index (κ1) is 17.5. The van der Waals surface area contributed by atoms with Gasteiger partial charge in [-0.3, -0.25) is 9.59 Å². The van der Waals surface area contributed by atoms with Crippen LogP contribution >= 0.6 is 11.3 Å². The second-order valence-corrected chi connectivity index (χ2v) is 7.55. The van der Waals surface area contributed by atoms with Gasteiger partial charge in [0.25, 0.3) is 11.8 Å². The minimum Gasteiger partial charge on any atom is -0.350 e. The number of carbonyl (C=O) groups is 2. The van der Waals surface area contributed by atoms with Crippen LogP contribution in [-0.2, 0) is 12.8 Å². The molecule has 2 N–H and O–H groups in total. The summed E-state index contributed by atoms with van der Waals surface area (Å²) in [5, 5.41) is 5.71. The molecule has 3 aromatic rings. The van der Waals surface area contributed by atoms with Crippen LogP contribution in [0.25, 0.3) is 10.4 Å². The highest BCUT2D eigenvalue weighted by Gasteiger charge is 2.21. The molecule has 136 valence electrons. The standard InChI is InChI=1S/C22H20N2O2S/c25-21(16-7-2-1-3-8-16)23-12-13-24-22(26)19-14-17-11-10-15-6-4-5-9-18(15)20(17)27-19/h1-9,14H,10-13H2,(H,23,25)(H,24,26). The summed E-state index contributed by atoms with van der Waals surface area (Å²) in [5.74, 6) is -0.214. The molecule has 0 unspecified atom stereocenters. The van der Waals surface area contributed by atoms with Crippen molar-refractivity contribution in [2.45, 2.75) is 12.8 Å². The van der Waals surface area contributed by atoms with Gasteiger partial charge < -0.3 is 10.6 Å². The van der Waals surface area contributed by atoms with Crippen LogP contribution in [0.2, 0.25) is 0 Å². The molecule has 0 spiro atoms. The van der Waals surface area contributed by atoms with Crippen molar-refractivity contribution < 1.29 is 9.59 Å². The Bertz CT molecular complexity index is 979. The van der Waals surface area contributed by atoms with Gasteiger partial charge in [0, 0.05) is 23.5 Å². The maximum atomic E-state index is 12.5. The van der Waals surface area contributed by atoms with E-state index in [1.54, 1.807) is 23.5 Å². The van der Waals surface area contributed by atoms with E-state index in [4.69, 9.17) is 0 Å². The lowest BCUT2D eigenvalue weighted by atomic mass is 9.91. The molecular weight excluding hydrogens is 356 g/mol. The van der Waals surface area contributed by atoms with Crippen molar-refractivity contribution >= 4 is 23.2 Å². The van der Waals surface area contributed by atoms with Crippen LogP contribution in [0.15, 0.2) is 60.7 Å². The monoisotopic (exact) mass is 376 g/mol. The predicted octanol–water partition coefficient (Wildman–Crippen LogP) is 3.67. The highest BCUT2D eigenvalue weighted by molar-refractivity contribution is 7.17. The summed E-state index contributed by atoms with van der Waals surface area (Å²) < 4.78 is 0. The van der Waals surface area contributed by atoms with Gasteiger partial charge in [-0.05, 0) is 47.7 Å². The van der Waals surface area contributed by atoms with Gasteiger partial charge in [-0.1, -0.05) is 42.5 Å². The average molecular weight is 376 g/mol. The molecule has 0 saturated heterocycles. The van der Waals surface area contributed by atoms with E-state index >= 15 is 0 Å². The zero-order valence-electron chi connectivity index (χ0n) is 14.8. The lowest BCUT2D eigenvalue weighted by Crippen LogP contribution is -2.34. The molecule has 1 aliphatic rings. The third-order valence-electron chi connectivity index (χ3n) is 4.69. The number of benzene rings is 2. The van der Waals surface area contributed by atoms with Gasteiger partial charge in [0.2, 0.25) is 0 Å². The average Bonchev–Trinajstić information content (AvgIpc) is 3.16. The molecule has 0 aliphatic heterocycles. The lowest BCUT2D eigenvalue weighted by Gasteiger charge is -2.15. The van der Waals surface area contributed by atoms with Gasteiger partial charge >= 0.3 is 0 Å². The number of carbonyl (C=O) groups excluding carboxylic acids is 2. The summed E-state index contributed by atoms with van der Waals surface area (Å²) in [7, 11) is 0. The van der Waals surface area contributed by atoms with Gasteiger partial charge in [0.15, 0.2) is 0 Å². The van der Waals surface area contributed by atoms with Crippen LogP contribution in [-0.4, -0.2) is 24.9 Å². The van der Waals surface area contributed by atoms with E-state index in [9.17, 15) is 9.59 Å². The minimum absolute atomic E-state index is 0.0826. The van der Waals surface area contributed by atoms with Gasteiger partial charge in [-0.25, -0.2) is 0 Å². The van der Waals surface area contributed by atoms with Crippen LogP contribution in [0.5, 0.6) is 0 Å². The number of nitrogens with one attached hydrogen (secondary N) is 2. The second-order valence-electron chi connectivity index (χ2n) is 6.50. The fraction of sp³-hybridized carbons (Fsp3) is 0.182. The van der Waals surface area contributed by atoms with Crippen molar-refractivity contribution in [3.63, 3.8) is 0 Å². The third kappa shape index (κ3) is 3.78. The summed E-state index contributed by atoms with van der Waals surface area (Å²) in [5.41, 5.74) is 4.47. The summed E-state index contributed by atoms with van der Waals surface area (Å²) in [6.07, 6.45) is 2.00. The number of hydrogen-bond acceptors (Lipinski definition) is 3. The fourth-order valence-corrected chi connectivity index (χ4v) is 4.50. The van der Waals surface area contributed by atoms with Crippen LogP contribution < -0.4 is 10.6 Å². The highest BCUT2D eigenvalue weighted by atomic mass is 32.1. The Kier molecular flexibility index (Phi) is 5.03. The van der Waals surface area contributed by atoms with Crippen molar-refractivity contribution in [3.05, 3.63) is 82.2 Å². The summed E-state index contributed by atoms with van der Waals surface area (Å²) in [6.45, 7) is 0.796. The summed E-state index contributed by atoms with van der Waals surface area (Å²) >= 11 is 1.55. The van der Waals surface area contributed by atoms with E-state index in [-0.39, 0.29) is 11.8 Å². The first-order chi connectivity index (χ1) is 13.2. The van der Waals surface area contributed by atoms with E-state index in [0.29, 0.717) is 18.7 Å². The predicted molar refractivity (Wildman–Crippen MR) is 108 cm³/mol. The number of thiophene rings is 1. The van der Waals surface area contributed by atoms with Crippen LogP contribution in [0, 0.1) is 0 Å². The minimum atomic E-state index is -0.131. The first-order valence-corrected chi connectivity index (χ1v) is 9.86. The van der Waals surface area contributed by atoms with E-state index < -0.39 is 0 Å². The molecule has 2 amide bonds. The Morgan fingerprint density at radius 1 is 0.815 bits per heavy atom. The molecule has 1 heterocycles. The summed E-state index contributed by atoms with van der Waals surface area (Å²) in [6, 6.07) is 19.5. The Balaban J connectivity index is 1.34. The van der Waals surface area contributed by atoms with E-state index in [1.807, 2.05) is 30.3 Å². The number of aryl methyl sites for hydroxylation is 2. The van der Waals surface area contributed by atoms with Crippen molar-refractivity contribution in [2.24, 2.45) is 0 Å². The Morgan fingerprint density at radius 2 is 1.48 bits per heavy atom. The molecular formula is C22H20N2O2S. The van der Waals surface area contributed by atoms with Crippen LogP contribution in [0.1, 0.15) is 31.2 Å². The molecule has 0 fully saturated rings. The van der Waals surface area contributed by atoms with Crippen LogP contribution in [0.4, 0.5) is 0 Å². The molecule has 1 aliphatic carbocycles. The number of rotatable bonds is 5. The van der Waals surface area contributed by atoms with Crippen molar-refractivity contribution in [1.82, 2.24) is 10.6 Å². The normalized spacial score (nSPS) is 12.0. The smallest absolute Gasteiger partial charge is 0.261 e. The molecule has 4 nitrogen and oxygen atoms in total. The van der Waals surface area contributed by atoms with Gasteiger partial charge in [-0.2, -0.15) is 0 Å². The van der Waals surface area contributed by atoms with Crippen LogP contribution in [0.3, 0.4) is 0 Å². The Hall–Kier alpha value is -2.92. The molecule has 1 aromatic heterocycles. The number of hydrogen-bond donors (Lipinski definition) is 2. The van der Waals surface area contributed by atoms with Gasteiger partial charge in [0.1, 0.15) is 0 Å². The highest BCUT2D eigenvalue weighted by Crippen LogP contribution is 2.39. The fourth-order valence-electron chi connectivity index (χ4n) is 3.31. The molecule has 4 rings (SSSR count). The van der Waals surface area contributed by atoms with Crippen molar-refractivity contribution in [2.75, 3.05) is 13.1 Å². The molecule has 5 heteroatoms. The quantitative estimate of drug-likeness (QED) is 0.668.